The van der Waals surface area contributed by atoms with E-state index in [2.05, 4.69) is 0 Å². The van der Waals surface area contributed by atoms with Gasteiger partial charge in [0.25, 0.3) is 0 Å². The molecule has 0 saturated heterocycles. The second kappa shape index (κ2) is 5.02. The van der Waals surface area contributed by atoms with Crippen LogP contribution >= 0.6 is 11.6 Å². The number of halogens is 1. The molecule has 0 amide bonds. The van der Waals surface area contributed by atoms with Crippen molar-refractivity contribution in [3.05, 3.63) is 53.1 Å². The lowest BCUT2D eigenvalue weighted by atomic mass is 10.1. The zero-order valence-electron chi connectivity index (χ0n) is 10.7. The number of carbonyl (C=O) groups excluding carboxylic acids is 1. The van der Waals surface area contributed by atoms with Crippen molar-refractivity contribution in [2.75, 3.05) is 7.11 Å². The van der Waals surface area contributed by atoms with Gasteiger partial charge in [-0.1, -0.05) is 11.6 Å². The van der Waals surface area contributed by atoms with Crippen molar-refractivity contribution in [1.82, 2.24) is 0 Å². The maximum atomic E-state index is 11.1. The summed E-state index contributed by atoms with van der Waals surface area (Å²) in [7, 11) is 1.57. The van der Waals surface area contributed by atoms with E-state index in [9.17, 15) is 4.79 Å². The minimum Gasteiger partial charge on any atom is -0.493 e. The highest BCUT2D eigenvalue weighted by atomic mass is 35.5. The molecule has 2 aromatic carbocycles. The van der Waals surface area contributed by atoms with Gasteiger partial charge in [-0.05, 0) is 42.5 Å². The summed E-state index contributed by atoms with van der Waals surface area (Å²) >= 11 is 5.88. The monoisotopic (exact) mass is 286 g/mol. The van der Waals surface area contributed by atoms with Crippen LogP contribution in [0.25, 0.3) is 22.3 Å². The first kappa shape index (κ1) is 12.8. The summed E-state index contributed by atoms with van der Waals surface area (Å²) in [5, 5.41) is 1.40. The number of benzene rings is 2. The van der Waals surface area contributed by atoms with Crippen molar-refractivity contribution in [2.45, 2.75) is 0 Å². The maximum absolute atomic E-state index is 11.1. The molecular weight excluding hydrogens is 276 g/mol. The van der Waals surface area contributed by atoms with Crippen molar-refractivity contribution in [3.8, 4) is 17.1 Å². The molecule has 3 aromatic rings. The van der Waals surface area contributed by atoms with Crippen LogP contribution in [0, 0.1) is 0 Å². The summed E-state index contributed by atoms with van der Waals surface area (Å²) in [5.74, 6) is 1.27. The van der Waals surface area contributed by atoms with Gasteiger partial charge in [0, 0.05) is 21.5 Å². The molecule has 4 heteroatoms. The van der Waals surface area contributed by atoms with Crippen LogP contribution in [0.2, 0.25) is 5.02 Å². The molecule has 100 valence electrons. The molecule has 0 saturated carbocycles. The maximum Gasteiger partial charge on any atom is 0.177 e. The van der Waals surface area contributed by atoms with E-state index < -0.39 is 0 Å². The molecular formula is C16H11ClO3. The third kappa shape index (κ3) is 2.06. The van der Waals surface area contributed by atoms with Crippen molar-refractivity contribution in [3.63, 3.8) is 0 Å². The Morgan fingerprint density at radius 2 is 1.90 bits per heavy atom. The highest BCUT2D eigenvalue weighted by Gasteiger charge is 2.13. The molecule has 0 N–H and O–H groups in total. The number of methoxy groups -OCH3 is 1. The summed E-state index contributed by atoms with van der Waals surface area (Å²) in [5.41, 5.74) is 2.04. The Balaban J connectivity index is 2.23. The van der Waals surface area contributed by atoms with E-state index in [-0.39, 0.29) is 0 Å². The summed E-state index contributed by atoms with van der Waals surface area (Å²) in [6.07, 6.45) is 0.808. The van der Waals surface area contributed by atoms with Crippen LogP contribution in [0.15, 0.2) is 46.9 Å². The van der Waals surface area contributed by atoms with Gasteiger partial charge in [0.2, 0.25) is 0 Å². The van der Waals surface area contributed by atoms with Gasteiger partial charge in [0.15, 0.2) is 17.6 Å². The molecule has 0 aliphatic carbocycles. The molecule has 0 spiro atoms. The topological polar surface area (TPSA) is 39.4 Å². The summed E-state index contributed by atoms with van der Waals surface area (Å²) in [6.45, 7) is 0. The minimum absolute atomic E-state index is 0.571. The average molecular weight is 287 g/mol. The predicted octanol–water partition coefficient (Wildman–Crippen LogP) is 4.57. The number of carbonyl (C=O) groups is 1. The van der Waals surface area contributed by atoms with Gasteiger partial charge in [0.05, 0.1) is 7.11 Å². The largest absolute Gasteiger partial charge is 0.493 e. The second-order valence-electron chi connectivity index (χ2n) is 4.34. The van der Waals surface area contributed by atoms with E-state index in [0.717, 1.165) is 17.2 Å². The van der Waals surface area contributed by atoms with Gasteiger partial charge in [-0.25, -0.2) is 0 Å². The summed E-state index contributed by atoms with van der Waals surface area (Å²) < 4.78 is 11.1. The highest BCUT2D eigenvalue weighted by Crippen LogP contribution is 2.35. The Kier molecular flexibility index (Phi) is 3.20. The Labute approximate surface area is 120 Å². The lowest BCUT2D eigenvalue weighted by Crippen LogP contribution is -1.86. The van der Waals surface area contributed by atoms with Gasteiger partial charge in [-0.3, -0.25) is 4.79 Å². The lowest BCUT2D eigenvalue weighted by molar-refractivity contribution is 0.112. The van der Waals surface area contributed by atoms with E-state index in [1.165, 1.54) is 0 Å². The normalized spacial score (nSPS) is 10.7. The van der Waals surface area contributed by atoms with Crippen molar-refractivity contribution < 1.29 is 13.9 Å². The fourth-order valence-corrected chi connectivity index (χ4v) is 2.27. The number of furan rings is 1. The Bertz CT molecular complexity index is 772. The average Bonchev–Trinajstić information content (AvgIpc) is 2.92. The van der Waals surface area contributed by atoms with Crippen LogP contribution < -0.4 is 4.74 Å². The molecule has 3 nitrogen and oxygen atoms in total. The van der Waals surface area contributed by atoms with Gasteiger partial charge < -0.3 is 9.15 Å². The standard InChI is InChI=1S/C16H11ClO3/c1-19-14-7-4-11(9-18)13-8-15(20-16(13)14)10-2-5-12(17)6-3-10/h2-9H,1H3. The molecule has 0 atom stereocenters. The molecule has 0 bridgehead atoms. The smallest absolute Gasteiger partial charge is 0.177 e. The van der Waals surface area contributed by atoms with E-state index in [1.807, 2.05) is 18.2 Å². The second-order valence-corrected chi connectivity index (χ2v) is 4.77. The van der Waals surface area contributed by atoms with Crippen LogP contribution in [0.4, 0.5) is 0 Å². The van der Waals surface area contributed by atoms with Crippen LogP contribution in [0.3, 0.4) is 0 Å². The number of fused-ring (bicyclic) bond motifs is 1. The number of hydrogen-bond donors (Lipinski definition) is 0. The lowest BCUT2D eigenvalue weighted by Gasteiger charge is -2.01. The fraction of sp³-hybridized carbons (Fsp3) is 0.0625. The minimum atomic E-state index is 0.571. The van der Waals surface area contributed by atoms with Gasteiger partial charge >= 0.3 is 0 Å². The highest BCUT2D eigenvalue weighted by molar-refractivity contribution is 6.30. The van der Waals surface area contributed by atoms with Crippen LogP contribution in [0.5, 0.6) is 5.75 Å². The van der Waals surface area contributed by atoms with E-state index in [0.29, 0.717) is 27.7 Å². The van der Waals surface area contributed by atoms with Crippen LogP contribution in [0.1, 0.15) is 10.4 Å². The molecule has 3 rings (SSSR count). The number of ether oxygens (including phenoxy) is 1. The molecule has 0 radical (unpaired) electrons. The number of hydrogen-bond acceptors (Lipinski definition) is 3. The summed E-state index contributed by atoms with van der Waals surface area (Å²) in [6, 6.07) is 12.6. The Morgan fingerprint density at radius 1 is 1.15 bits per heavy atom. The molecule has 1 aromatic heterocycles. The van der Waals surface area contributed by atoms with E-state index >= 15 is 0 Å². The molecule has 20 heavy (non-hydrogen) atoms. The zero-order valence-corrected chi connectivity index (χ0v) is 11.5. The van der Waals surface area contributed by atoms with Crippen molar-refractivity contribution in [1.29, 1.82) is 0 Å². The van der Waals surface area contributed by atoms with Crippen LogP contribution in [-0.2, 0) is 0 Å². The molecule has 0 aliphatic rings. The zero-order chi connectivity index (χ0) is 14.1. The van der Waals surface area contributed by atoms with E-state index in [4.69, 9.17) is 20.8 Å². The SMILES string of the molecule is COc1ccc(C=O)c2cc(-c3ccc(Cl)cc3)oc12. The third-order valence-electron chi connectivity index (χ3n) is 3.16. The van der Waals surface area contributed by atoms with Crippen LogP contribution in [-0.4, -0.2) is 13.4 Å². The van der Waals surface area contributed by atoms with Crippen molar-refractivity contribution in [2.24, 2.45) is 0 Å². The number of rotatable bonds is 3. The predicted molar refractivity (Wildman–Crippen MR) is 78.6 cm³/mol. The molecule has 0 unspecified atom stereocenters. The Morgan fingerprint density at radius 3 is 2.55 bits per heavy atom. The van der Waals surface area contributed by atoms with E-state index in [1.54, 1.807) is 31.4 Å². The first-order valence-corrected chi connectivity index (χ1v) is 6.42. The number of aldehydes is 1. The first-order valence-electron chi connectivity index (χ1n) is 6.04. The van der Waals surface area contributed by atoms with Gasteiger partial charge in [0.1, 0.15) is 5.76 Å². The van der Waals surface area contributed by atoms with Crippen molar-refractivity contribution >= 4 is 28.9 Å². The summed E-state index contributed by atoms with van der Waals surface area (Å²) in [4.78, 5) is 11.1. The molecule has 0 aliphatic heterocycles. The molecule has 1 heterocycles. The Hall–Kier alpha value is -2.26. The van der Waals surface area contributed by atoms with Gasteiger partial charge in [-0.2, -0.15) is 0 Å². The fourth-order valence-electron chi connectivity index (χ4n) is 2.14. The quantitative estimate of drug-likeness (QED) is 0.662. The first-order chi connectivity index (χ1) is 9.72. The third-order valence-corrected chi connectivity index (χ3v) is 3.41. The van der Waals surface area contributed by atoms with Gasteiger partial charge in [-0.15, -0.1) is 0 Å². The molecule has 0 fully saturated rings.